The van der Waals surface area contributed by atoms with Crippen LogP contribution in [0.4, 0.5) is 0 Å². The monoisotopic (exact) mass is 322 g/mol. The molecule has 0 spiro atoms. The maximum absolute atomic E-state index is 6.60. The molecule has 2 aromatic carbocycles. The van der Waals surface area contributed by atoms with Crippen molar-refractivity contribution in [1.29, 1.82) is 0 Å². The molecule has 0 nitrogen and oxygen atoms in total. The third kappa shape index (κ3) is 2.78. The zero-order valence-corrected chi connectivity index (χ0v) is 13.1. The molecule has 2 rings (SSSR count). The maximum Gasteiger partial charge on any atom is 0.0838 e. The summed E-state index contributed by atoms with van der Waals surface area (Å²) in [5.74, 6) is 0. The van der Waals surface area contributed by atoms with Crippen molar-refractivity contribution in [2.75, 3.05) is 0 Å². The molecule has 0 aliphatic heterocycles. The van der Waals surface area contributed by atoms with Gasteiger partial charge in [0.25, 0.3) is 0 Å². The van der Waals surface area contributed by atoms with Gasteiger partial charge < -0.3 is 0 Å². The summed E-state index contributed by atoms with van der Waals surface area (Å²) in [6.07, 6.45) is 0. The van der Waals surface area contributed by atoms with Crippen LogP contribution in [0.15, 0.2) is 40.9 Å². The summed E-state index contributed by atoms with van der Waals surface area (Å²) in [6, 6.07) is 12.7. The fraction of sp³-hybridized carbons (Fsp3) is 0.250. The molecule has 0 aliphatic carbocycles. The van der Waals surface area contributed by atoms with Gasteiger partial charge in [-0.15, -0.1) is 11.6 Å². The molecule has 2 aromatic rings. The van der Waals surface area contributed by atoms with Gasteiger partial charge in [-0.25, -0.2) is 0 Å². The van der Waals surface area contributed by atoms with E-state index in [0.29, 0.717) is 0 Å². The highest BCUT2D eigenvalue weighted by Gasteiger charge is 2.13. The lowest BCUT2D eigenvalue weighted by Gasteiger charge is -2.15. The zero-order valence-electron chi connectivity index (χ0n) is 10.8. The quantitative estimate of drug-likeness (QED) is 0.622. The van der Waals surface area contributed by atoms with Gasteiger partial charge in [-0.1, -0.05) is 40.2 Å². The van der Waals surface area contributed by atoms with E-state index >= 15 is 0 Å². The Labute approximate surface area is 122 Å². The average molecular weight is 324 g/mol. The highest BCUT2D eigenvalue weighted by Crippen LogP contribution is 2.32. The van der Waals surface area contributed by atoms with Crippen LogP contribution in [0, 0.1) is 20.8 Å². The maximum atomic E-state index is 6.60. The van der Waals surface area contributed by atoms with E-state index in [4.69, 9.17) is 11.6 Å². The topological polar surface area (TPSA) is 0 Å². The molecular weight excluding hydrogens is 308 g/mol. The molecule has 0 aliphatic rings. The van der Waals surface area contributed by atoms with Crippen LogP contribution in [0.2, 0.25) is 0 Å². The molecule has 0 saturated carbocycles. The summed E-state index contributed by atoms with van der Waals surface area (Å²) in [6.45, 7) is 6.33. The van der Waals surface area contributed by atoms with Gasteiger partial charge in [0.15, 0.2) is 0 Å². The second-order valence-corrected chi connectivity index (χ2v) is 6.06. The SMILES string of the molecule is Cc1ccc(C(Cl)c2ccc(Br)cc2C)cc1C. The number of alkyl halides is 1. The van der Waals surface area contributed by atoms with E-state index in [-0.39, 0.29) is 5.38 Å². The first-order valence-corrected chi connectivity index (χ1v) is 7.19. The second kappa shape index (κ2) is 5.46. The van der Waals surface area contributed by atoms with Crippen LogP contribution in [0.5, 0.6) is 0 Å². The summed E-state index contributed by atoms with van der Waals surface area (Å²) in [7, 11) is 0. The first-order valence-electron chi connectivity index (χ1n) is 5.96. The minimum absolute atomic E-state index is 0.0857. The van der Waals surface area contributed by atoms with Gasteiger partial charge in [-0.2, -0.15) is 0 Å². The Morgan fingerprint density at radius 2 is 1.61 bits per heavy atom. The van der Waals surface area contributed by atoms with E-state index in [2.05, 4.69) is 67.0 Å². The standard InChI is InChI=1S/C16H16BrCl/c1-10-4-5-13(8-11(10)2)16(18)15-7-6-14(17)9-12(15)3/h4-9,16H,1-3H3. The summed E-state index contributed by atoms with van der Waals surface area (Å²) in [5.41, 5.74) is 6.12. The Hall–Kier alpha value is -0.790. The van der Waals surface area contributed by atoms with Gasteiger partial charge in [0.2, 0.25) is 0 Å². The largest absolute Gasteiger partial charge is 0.113 e. The highest BCUT2D eigenvalue weighted by molar-refractivity contribution is 9.10. The number of hydrogen-bond acceptors (Lipinski definition) is 0. The molecule has 0 amide bonds. The van der Waals surface area contributed by atoms with Crippen molar-refractivity contribution < 1.29 is 0 Å². The molecule has 0 heterocycles. The normalized spacial score (nSPS) is 12.5. The summed E-state index contributed by atoms with van der Waals surface area (Å²) < 4.78 is 1.09. The molecular formula is C16H16BrCl. The molecule has 1 atom stereocenters. The predicted octanol–water partition coefficient (Wildman–Crippen LogP) is 5.70. The van der Waals surface area contributed by atoms with Gasteiger partial charge in [0.1, 0.15) is 0 Å². The summed E-state index contributed by atoms with van der Waals surface area (Å²) >= 11 is 10.1. The average Bonchev–Trinajstić information content (AvgIpc) is 2.32. The lowest BCUT2D eigenvalue weighted by Crippen LogP contribution is -1.97. The molecule has 94 valence electrons. The Morgan fingerprint density at radius 1 is 0.889 bits per heavy atom. The van der Waals surface area contributed by atoms with Gasteiger partial charge in [-0.3, -0.25) is 0 Å². The van der Waals surface area contributed by atoms with Crippen LogP contribution in [-0.4, -0.2) is 0 Å². The van der Waals surface area contributed by atoms with E-state index in [0.717, 1.165) is 10.0 Å². The first kappa shape index (κ1) is 13.6. The summed E-state index contributed by atoms with van der Waals surface area (Å²) in [4.78, 5) is 0. The van der Waals surface area contributed by atoms with Crippen LogP contribution in [0.25, 0.3) is 0 Å². The van der Waals surface area contributed by atoms with Gasteiger partial charge in [-0.05, 0) is 60.7 Å². The fourth-order valence-corrected chi connectivity index (χ4v) is 2.88. The van der Waals surface area contributed by atoms with E-state index in [9.17, 15) is 0 Å². The number of rotatable bonds is 2. The van der Waals surface area contributed by atoms with Crippen molar-refractivity contribution in [2.45, 2.75) is 26.1 Å². The van der Waals surface area contributed by atoms with Gasteiger partial charge in [0, 0.05) is 4.47 Å². The number of halogens is 2. The Morgan fingerprint density at radius 3 is 2.22 bits per heavy atom. The highest BCUT2D eigenvalue weighted by atomic mass is 79.9. The zero-order chi connectivity index (χ0) is 13.3. The second-order valence-electron chi connectivity index (χ2n) is 4.71. The van der Waals surface area contributed by atoms with Crippen molar-refractivity contribution in [3.63, 3.8) is 0 Å². The van der Waals surface area contributed by atoms with Crippen LogP contribution in [0.1, 0.15) is 33.2 Å². The van der Waals surface area contributed by atoms with Crippen molar-refractivity contribution in [1.82, 2.24) is 0 Å². The van der Waals surface area contributed by atoms with E-state index in [1.165, 1.54) is 22.3 Å². The Bertz CT molecular complexity index is 575. The third-order valence-corrected chi connectivity index (χ3v) is 4.31. The van der Waals surface area contributed by atoms with E-state index < -0.39 is 0 Å². The number of aryl methyl sites for hydroxylation is 3. The molecule has 0 N–H and O–H groups in total. The molecule has 0 bridgehead atoms. The van der Waals surface area contributed by atoms with Crippen LogP contribution >= 0.6 is 27.5 Å². The van der Waals surface area contributed by atoms with Crippen molar-refractivity contribution in [3.8, 4) is 0 Å². The van der Waals surface area contributed by atoms with Gasteiger partial charge >= 0.3 is 0 Å². The number of benzene rings is 2. The molecule has 1 unspecified atom stereocenters. The van der Waals surface area contributed by atoms with Crippen LogP contribution in [-0.2, 0) is 0 Å². The lowest BCUT2D eigenvalue weighted by atomic mass is 9.97. The molecule has 0 fully saturated rings. The third-order valence-electron chi connectivity index (χ3n) is 3.33. The Balaban J connectivity index is 2.41. The van der Waals surface area contributed by atoms with Crippen LogP contribution in [0.3, 0.4) is 0 Å². The summed E-state index contributed by atoms with van der Waals surface area (Å²) in [5, 5.41) is -0.0857. The smallest absolute Gasteiger partial charge is 0.0838 e. The van der Waals surface area contributed by atoms with Crippen molar-refractivity contribution in [2.24, 2.45) is 0 Å². The minimum Gasteiger partial charge on any atom is -0.113 e. The van der Waals surface area contributed by atoms with Crippen molar-refractivity contribution in [3.05, 3.63) is 68.7 Å². The van der Waals surface area contributed by atoms with Crippen molar-refractivity contribution >= 4 is 27.5 Å². The molecule has 0 saturated heterocycles. The van der Waals surface area contributed by atoms with Gasteiger partial charge in [0.05, 0.1) is 5.38 Å². The minimum atomic E-state index is -0.0857. The first-order chi connectivity index (χ1) is 8.49. The van der Waals surface area contributed by atoms with Crippen LogP contribution < -0.4 is 0 Å². The molecule has 18 heavy (non-hydrogen) atoms. The van der Waals surface area contributed by atoms with E-state index in [1.807, 2.05) is 6.07 Å². The molecule has 2 heteroatoms. The predicted molar refractivity (Wildman–Crippen MR) is 82.5 cm³/mol. The molecule has 0 aromatic heterocycles. The number of hydrogen-bond donors (Lipinski definition) is 0. The van der Waals surface area contributed by atoms with E-state index in [1.54, 1.807) is 0 Å². The lowest BCUT2D eigenvalue weighted by molar-refractivity contribution is 1.10. The Kier molecular flexibility index (Phi) is 4.14. The fourth-order valence-electron chi connectivity index (χ4n) is 2.03. The molecule has 0 radical (unpaired) electrons.